The smallest absolute Gasteiger partial charge is 0.229 e. The summed E-state index contributed by atoms with van der Waals surface area (Å²) in [6.07, 6.45) is -14.3. The van der Waals surface area contributed by atoms with Gasteiger partial charge < -0.3 is 69.3 Å². The van der Waals surface area contributed by atoms with E-state index in [1.807, 2.05) is 0 Å². The number of aliphatic hydroxyl groups is 6. The molecule has 15 nitrogen and oxygen atoms in total. The van der Waals surface area contributed by atoms with E-state index in [9.17, 15) is 50.8 Å². The predicted molar refractivity (Wildman–Crippen MR) is 126 cm³/mol. The molecule has 9 atom stereocenters. The van der Waals surface area contributed by atoms with E-state index < -0.39 is 96.6 Å². The van der Waals surface area contributed by atoms with Crippen LogP contribution in [-0.2, 0) is 14.2 Å². The number of phenolic OH excluding ortho intramolecular Hbond substituents is 3. The quantitative estimate of drug-likeness (QED) is 0.145. The van der Waals surface area contributed by atoms with Crippen LogP contribution in [0.1, 0.15) is 0 Å². The van der Waals surface area contributed by atoms with Gasteiger partial charge in [-0.1, -0.05) is 0 Å². The van der Waals surface area contributed by atoms with E-state index >= 15 is 0 Å². The summed E-state index contributed by atoms with van der Waals surface area (Å²) < 4.78 is 27.0. The van der Waals surface area contributed by atoms with Gasteiger partial charge in [0.2, 0.25) is 17.5 Å². The van der Waals surface area contributed by atoms with Gasteiger partial charge in [-0.05, 0) is 18.2 Å². The van der Waals surface area contributed by atoms with Crippen molar-refractivity contribution in [1.29, 1.82) is 0 Å². The molecular weight excluding hydrogens is 528 g/mol. The molecule has 0 aliphatic carbocycles. The molecule has 212 valence electrons. The third kappa shape index (κ3) is 4.73. The summed E-state index contributed by atoms with van der Waals surface area (Å²) in [6, 6.07) is 4.70. The minimum atomic E-state index is -1.91. The lowest BCUT2D eigenvalue weighted by Gasteiger charge is -2.40. The summed E-state index contributed by atoms with van der Waals surface area (Å²) in [7, 11) is 0. The minimum Gasteiger partial charge on any atom is -0.508 e. The summed E-state index contributed by atoms with van der Waals surface area (Å²) in [5.74, 6) is -2.57. The Kier molecular flexibility index (Phi) is 7.27. The van der Waals surface area contributed by atoms with Crippen LogP contribution in [0, 0.1) is 0 Å². The zero-order chi connectivity index (χ0) is 28.2. The van der Waals surface area contributed by atoms with Crippen LogP contribution in [-0.4, -0.2) is 114 Å². The topological polar surface area (TPSA) is 249 Å². The van der Waals surface area contributed by atoms with Crippen LogP contribution >= 0.6 is 0 Å². The Bertz CT molecular complexity index is 1420. The molecule has 3 aromatic rings. The second kappa shape index (κ2) is 10.4. The third-order valence-corrected chi connectivity index (χ3v) is 6.68. The summed E-state index contributed by atoms with van der Waals surface area (Å²) in [5.41, 5.74) is -0.918. The number of benzene rings is 2. The van der Waals surface area contributed by atoms with Crippen LogP contribution in [0.5, 0.6) is 23.0 Å². The molecule has 0 saturated carbocycles. The predicted octanol–water partition coefficient (Wildman–Crippen LogP) is -2.30. The Morgan fingerprint density at radius 2 is 1.46 bits per heavy atom. The summed E-state index contributed by atoms with van der Waals surface area (Å²) in [6.45, 7) is -1.17. The van der Waals surface area contributed by atoms with E-state index in [1.165, 1.54) is 12.1 Å². The number of rotatable bonds is 6. The van der Waals surface area contributed by atoms with Gasteiger partial charge in [0, 0.05) is 6.07 Å². The Balaban J connectivity index is 1.41. The van der Waals surface area contributed by atoms with Gasteiger partial charge in [0.05, 0.1) is 18.6 Å². The number of hydrogen-bond acceptors (Lipinski definition) is 15. The SMILES string of the molecule is O=c1c2cc(O)ccc2oc2cc(O)c(O[C@@H]3O[C@H](CO[C@@H]4O[C@H](CO)[C@@H](O)[C@H]4O)[C@@H](O)[C@H](O)[C@H]3O)c(O)c12. The van der Waals surface area contributed by atoms with E-state index in [-0.39, 0.29) is 22.3 Å². The number of fused-ring (bicyclic) bond motifs is 2. The average molecular weight is 554 g/mol. The Hall–Kier alpha value is -3.25. The maximum Gasteiger partial charge on any atom is 0.229 e. The first-order valence-corrected chi connectivity index (χ1v) is 11.8. The van der Waals surface area contributed by atoms with E-state index in [4.69, 9.17) is 23.4 Å². The second-order valence-corrected chi connectivity index (χ2v) is 9.23. The van der Waals surface area contributed by atoms with E-state index in [2.05, 4.69) is 0 Å². The number of aromatic hydroxyl groups is 3. The number of hydrogen-bond donors (Lipinski definition) is 9. The van der Waals surface area contributed by atoms with Crippen molar-refractivity contribution in [3.8, 4) is 23.0 Å². The third-order valence-electron chi connectivity index (χ3n) is 6.68. The van der Waals surface area contributed by atoms with Crippen molar-refractivity contribution in [1.82, 2.24) is 0 Å². The molecule has 2 saturated heterocycles. The lowest BCUT2D eigenvalue weighted by atomic mass is 9.99. The van der Waals surface area contributed by atoms with Crippen molar-refractivity contribution in [2.24, 2.45) is 0 Å². The van der Waals surface area contributed by atoms with Crippen molar-refractivity contribution in [2.75, 3.05) is 13.2 Å². The average Bonchev–Trinajstić information content (AvgIpc) is 3.18. The fraction of sp³-hybridized carbons (Fsp3) is 0.458. The highest BCUT2D eigenvalue weighted by molar-refractivity contribution is 5.96. The first-order chi connectivity index (χ1) is 18.5. The zero-order valence-electron chi connectivity index (χ0n) is 19.9. The van der Waals surface area contributed by atoms with Crippen LogP contribution < -0.4 is 10.2 Å². The molecule has 0 radical (unpaired) electrons. The summed E-state index contributed by atoms with van der Waals surface area (Å²) in [5, 5.41) is 90.7. The highest BCUT2D eigenvalue weighted by atomic mass is 16.7. The molecule has 1 aromatic heterocycles. The Morgan fingerprint density at radius 1 is 0.795 bits per heavy atom. The highest BCUT2D eigenvalue weighted by Gasteiger charge is 2.48. The first kappa shape index (κ1) is 27.3. The molecule has 2 aliphatic heterocycles. The van der Waals surface area contributed by atoms with Gasteiger partial charge in [-0.3, -0.25) is 4.79 Å². The number of aliphatic hydroxyl groups excluding tert-OH is 6. The van der Waals surface area contributed by atoms with E-state index in [0.29, 0.717) is 0 Å². The summed E-state index contributed by atoms with van der Waals surface area (Å²) in [4.78, 5) is 13.0. The van der Waals surface area contributed by atoms with Crippen LogP contribution in [0.25, 0.3) is 21.9 Å². The first-order valence-electron chi connectivity index (χ1n) is 11.8. The lowest BCUT2D eigenvalue weighted by molar-refractivity contribution is -0.290. The molecule has 0 bridgehead atoms. The Morgan fingerprint density at radius 3 is 2.15 bits per heavy atom. The lowest BCUT2D eigenvalue weighted by Crippen LogP contribution is -2.60. The zero-order valence-corrected chi connectivity index (χ0v) is 19.9. The van der Waals surface area contributed by atoms with Crippen molar-refractivity contribution >= 4 is 21.9 Å². The fourth-order valence-corrected chi connectivity index (χ4v) is 4.53. The van der Waals surface area contributed by atoms with Gasteiger partial charge in [0.15, 0.2) is 17.8 Å². The maximum absolute atomic E-state index is 13.0. The van der Waals surface area contributed by atoms with Crippen LogP contribution in [0.4, 0.5) is 0 Å². The van der Waals surface area contributed by atoms with E-state index in [0.717, 1.165) is 12.1 Å². The number of ether oxygens (including phenoxy) is 4. The molecule has 0 amide bonds. The van der Waals surface area contributed by atoms with Gasteiger partial charge in [-0.15, -0.1) is 0 Å². The van der Waals surface area contributed by atoms with Gasteiger partial charge in [-0.2, -0.15) is 0 Å². The molecular formula is C24H26O15. The molecule has 2 aromatic carbocycles. The van der Waals surface area contributed by atoms with Gasteiger partial charge in [-0.25, -0.2) is 0 Å². The van der Waals surface area contributed by atoms with Gasteiger partial charge >= 0.3 is 0 Å². The monoisotopic (exact) mass is 554 g/mol. The largest absolute Gasteiger partial charge is 0.508 e. The fourth-order valence-electron chi connectivity index (χ4n) is 4.53. The molecule has 39 heavy (non-hydrogen) atoms. The highest BCUT2D eigenvalue weighted by Crippen LogP contribution is 2.43. The van der Waals surface area contributed by atoms with Gasteiger partial charge in [0.1, 0.15) is 65.0 Å². The molecule has 0 spiro atoms. The molecule has 0 unspecified atom stereocenters. The second-order valence-electron chi connectivity index (χ2n) is 9.23. The molecule has 2 fully saturated rings. The molecule has 3 heterocycles. The number of phenols is 3. The maximum atomic E-state index is 13.0. The molecule has 5 rings (SSSR count). The van der Waals surface area contributed by atoms with Gasteiger partial charge in [0.25, 0.3) is 0 Å². The molecule has 9 N–H and O–H groups in total. The normalized spacial score (nSPS) is 33.1. The van der Waals surface area contributed by atoms with Crippen molar-refractivity contribution in [2.45, 2.75) is 55.3 Å². The Labute approximate surface area is 217 Å². The summed E-state index contributed by atoms with van der Waals surface area (Å²) >= 11 is 0. The van der Waals surface area contributed by atoms with Crippen molar-refractivity contribution in [3.63, 3.8) is 0 Å². The van der Waals surface area contributed by atoms with Crippen LogP contribution in [0.2, 0.25) is 0 Å². The standard InChI is InChI=1S/C24H26O15/c25-5-12-16(29)20(33)23(37-12)35-6-13-17(30)19(32)21(34)24(38-13)39-22-9(27)4-11-14(18(22)31)15(28)8-3-7(26)1-2-10(8)36-11/h1-4,12-13,16-17,19-21,23-27,29-34H,5-6H2/t12-,13-,16-,17-,19+,20-,21-,23-,24+/m1/s1. The van der Waals surface area contributed by atoms with E-state index in [1.54, 1.807) is 0 Å². The van der Waals surface area contributed by atoms with Crippen LogP contribution in [0.15, 0.2) is 33.5 Å². The molecule has 15 heteroatoms. The van der Waals surface area contributed by atoms with Crippen molar-refractivity contribution in [3.05, 3.63) is 34.5 Å². The van der Waals surface area contributed by atoms with Crippen molar-refractivity contribution < 1.29 is 69.3 Å². The molecule has 2 aliphatic rings. The van der Waals surface area contributed by atoms with Crippen LogP contribution in [0.3, 0.4) is 0 Å². The minimum absolute atomic E-state index is 0.0675.